The topological polar surface area (TPSA) is 18.5 Å². The summed E-state index contributed by atoms with van der Waals surface area (Å²) in [6, 6.07) is 7.73. The average Bonchev–Trinajstić information content (AvgIpc) is 2.31. The summed E-state index contributed by atoms with van der Waals surface area (Å²) in [6.07, 6.45) is 8.10. The highest BCUT2D eigenvalue weighted by Crippen LogP contribution is 2.21. The van der Waals surface area contributed by atoms with E-state index in [1.807, 2.05) is 24.3 Å². The highest BCUT2D eigenvalue weighted by Gasteiger charge is 2.09. The van der Waals surface area contributed by atoms with Crippen LogP contribution in [0.25, 0.3) is 0 Å². The van der Waals surface area contributed by atoms with Crippen LogP contribution in [-0.4, -0.2) is 13.2 Å². The van der Waals surface area contributed by atoms with Gasteiger partial charge in [-0.15, -0.1) is 0 Å². The molecule has 0 fully saturated rings. The summed E-state index contributed by atoms with van der Waals surface area (Å²) in [6.45, 7) is 0. The number of hydrogen-bond donors (Lipinski definition) is 0. The third-order valence-electron chi connectivity index (χ3n) is 2.56. The minimum absolute atomic E-state index is 0.243. The molecular formula is C13H16O2. The average molecular weight is 204 g/mol. The maximum absolute atomic E-state index is 5.81. The third kappa shape index (κ3) is 2.75. The molecule has 0 N–H and O–H groups in total. The van der Waals surface area contributed by atoms with Crippen LogP contribution in [-0.2, 0) is 0 Å². The normalized spacial score (nSPS) is 19.9. The Bertz CT molecular complexity index is 327. The number of benzene rings is 1. The first-order valence-corrected chi connectivity index (χ1v) is 5.36. The smallest absolute Gasteiger partial charge is 0.120 e. The van der Waals surface area contributed by atoms with E-state index in [4.69, 9.17) is 9.47 Å². The molecule has 0 bridgehead atoms. The molecular weight excluding hydrogens is 188 g/mol. The lowest BCUT2D eigenvalue weighted by atomic mass is 10.1. The molecule has 0 aromatic heterocycles. The second-order valence-corrected chi connectivity index (χ2v) is 3.69. The van der Waals surface area contributed by atoms with Gasteiger partial charge in [-0.2, -0.15) is 0 Å². The van der Waals surface area contributed by atoms with Gasteiger partial charge in [-0.25, -0.2) is 0 Å². The Kier molecular flexibility index (Phi) is 3.28. The van der Waals surface area contributed by atoms with E-state index >= 15 is 0 Å². The number of allylic oxidation sites excluding steroid dienone is 1. The quantitative estimate of drug-likeness (QED) is 0.704. The summed E-state index contributed by atoms with van der Waals surface area (Å²) in [5.74, 6) is 1.77. The molecule has 0 radical (unpaired) electrons. The number of rotatable bonds is 3. The van der Waals surface area contributed by atoms with Gasteiger partial charge in [-0.05, 0) is 49.6 Å². The zero-order valence-corrected chi connectivity index (χ0v) is 8.98. The van der Waals surface area contributed by atoms with Crippen molar-refractivity contribution in [3.05, 3.63) is 36.4 Å². The second-order valence-electron chi connectivity index (χ2n) is 3.69. The van der Waals surface area contributed by atoms with E-state index in [1.54, 1.807) is 7.11 Å². The van der Waals surface area contributed by atoms with Crippen molar-refractivity contribution >= 4 is 0 Å². The van der Waals surface area contributed by atoms with Crippen molar-refractivity contribution in [2.45, 2.75) is 25.4 Å². The van der Waals surface area contributed by atoms with Crippen molar-refractivity contribution in [1.29, 1.82) is 0 Å². The molecule has 2 heteroatoms. The molecule has 2 nitrogen and oxygen atoms in total. The van der Waals surface area contributed by atoms with E-state index in [0.29, 0.717) is 0 Å². The summed E-state index contributed by atoms with van der Waals surface area (Å²) < 4.78 is 10.9. The molecule has 0 heterocycles. The largest absolute Gasteiger partial charge is 0.497 e. The van der Waals surface area contributed by atoms with Crippen LogP contribution in [0.15, 0.2) is 36.4 Å². The molecule has 0 saturated heterocycles. The van der Waals surface area contributed by atoms with E-state index in [1.165, 1.54) is 12.8 Å². The summed E-state index contributed by atoms with van der Waals surface area (Å²) in [5, 5.41) is 0. The van der Waals surface area contributed by atoms with Gasteiger partial charge in [-0.3, -0.25) is 0 Å². The van der Waals surface area contributed by atoms with Crippen LogP contribution in [0.1, 0.15) is 19.3 Å². The van der Waals surface area contributed by atoms with E-state index in [-0.39, 0.29) is 6.10 Å². The predicted octanol–water partition coefficient (Wildman–Crippen LogP) is 3.18. The minimum Gasteiger partial charge on any atom is -0.497 e. The van der Waals surface area contributed by atoms with Crippen molar-refractivity contribution in [2.24, 2.45) is 0 Å². The van der Waals surface area contributed by atoms with Crippen molar-refractivity contribution in [2.75, 3.05) is 7.11 Å². The van der Waals surface area contributed by atoms with Crippen LogP contribution in [0.3, 0.4) is 0 Å². The fourth-order valence-corrected chi connectivity index (χ4v) is 1.71. The lowest BCUT2D eigenvalue weighted by molar-refractivity contribution is 0.229. The Hall–Kier alpha value is -1.44. The Balaban J connectivity index is 1.97. The zero-order chi connectivity index (χ0) is 10.5. The molecule has 1 aromatic rings. The van der Waals surface area contributed by atoms with Crippen LogP contribution in [0.2, 0.25) is 0 Å². The van der Waals surface area contributed by atoms with E-state index in [9.17, 15) is 0 Å². The van der Waals surface area contributed by atoms with Crippen molar-refractivity contribution < 1.29 is 9.47 Å². The SMILES string of the molecule is COc1ccc(OC2C=CCCC2)cc1. The van der Waals surface area contributed by atoms with Crippen molar-refractivity contribution in [3.8, 4) is 11.5 Å². The molecule has 1 unspecified atom stereocenters. The Morgan fingerprint density at radius 3 is 2.47 bits per heavy atom. The van der Waals surface area contributed by atoms with E-state index < -0.39 is 0 Å². The summed E-state index contributed by atoms with van der Waals surface area (Å²) in [4.78, 5) is 0. The van der Waals surface area contributed by atoms with Gasteiger partial charge in [0.05, 0.1) is 7.11 Å². The Morgan fingerprint density at radius 2 is 1.87 bits per heavy atom. The maximum atomic E-state index is 5.81. The van der Waals surface area contributed by atoms with E-state index in [2.05, 4.69) is 12.2 Å². The zero-order valence-electron chi connectivity index (χ0n) is 8.98. The summed E-state index contributed by atoms with van der Waals surface area (Å²) in [5.41, 5.74) is 0. The number of hydrogen-bond acceptors (Lipinski definition) is 2. The molecule has 2 rings (SSSR count). The van der Waals surface area contributed by atoms with Crippen LogP contribution in [0.5, 0.6) is 11.5 Å². The van der Waals surface area contributed by atoms with Gasteiger partial charge in [0.25, 0.3) is 0 Å². The number of ether oxygens (including phenoxy) is 2. The van der Waals surface area contributed by atoms with Crippen LogP contribution in [0, 0.1) is 0 Å². The Labute approximate surface area is 90.5 Å². The van der Waals surface area contributed by atoms with Gasteiger partial charge >= 0.3 is 0 Å². The molecule has 80 valence electrons. The fourth-order valence-electron chi connectivity index (χ4n) is 1.71. The van der Waals surface area contributed by atoms with Crippen LogP contribution in [0.4, 0.5) is 0 Å². The molecule has 1 aliphatic rings. The highest BCUT2D eigenvalue weighted by molar-refractivity contribution is 5.31. The summed E-state index contributed by atoms with van der Waals surface area (Å²) in [7, 11) is 1.67. The first-order valence-electron chi connectivity index (χ1n) is 5.36. The lowest BCUT2D eigenvalue weighted by Crippen LogP contribution is -2.15. The monoisotopic (exact) mass is 204 g/mol. The molecule has 1 aromatic carbocycles. The molecule has 0 spiro atoms. The minimum atomic E-state index is 0.243. The van der Waals surface area contributed by atoms with Gasteiger partial charge in [0.1, 0.15) is 17.6 Å². The first-order chi connectivity index (χ1) is 7.38. The van der Waals surface area contributed by atoms with Gasteiger partial charge in [0, 0.05) is 0 Å². The van der Waals surface area contributed by atoms with Gasteiger partial charge < -0.3 is 9.47 Å². The predicted molar refractivity (Wildman–Crippen MR) is 60.4 cm³/mol. The van der Waals surface area contributed by atoms with Gasteiger partial charge in [0.15, 0.2) is 0 Å². The third-order valence-corrected chi connectivity index (χ3v) is 2.56. The lowest BCUT2D eigenvalue weighted by Gasteiger charge is -2.18. The molecule has 0 amide bonds. The molecule has 0 aliphatic heterocycles. The standard InChI is InChI=1S/C13H16O2/c1-14-11-7-9-13(10-8-11)15-12-5-3-2-4-6-12/h3,5,7-10,12H,2,4,6H2,1H3. The summed E-state index contributed by atoms with van der Waals surface area (Å²) >= 11 is 0. The van der Waals surface area contributed by atoms with Crippen LogP contribution >= 0.6 is 0 Å². The number of methoxy groups -OCH3 is 1. The van der Waals surface area contributed by atoms with Crippen molar-refractivity contribution in [1.82, 2.24) is 0 Å². The molecule has 1 aliphatic carbocycles. The fraction of sp³-hybridized carbons (Fsp3) is 0.385. The van der Waals surface area contributed by atoms with Crippen molar-refractivity contribution in [3.63, 3.8) is 0 Å². The molecule has 1 atom stereocenters. The Morgan fingerprint density at radius 1 is 1.13 bits per heavy atom. The molecule has 0 saturated carbocycles. The maximum Gasteiger partial charge on any atom is 0.120 e. The first kappa shape index (κ1) is 10.1. The van der Waals surface area contributed by atoms with Crippen LogP contribution < -0.4 is 9.47 Å². The highest BCUT2D eigenvalue weighted by atomic mass is 16.5. The van der Waals surface area contributed by atoms with E-state index in [0.717, 1.165) is 17.9 Å². The second kappa shape index (κ2) is 4.87. The van der Waals surface area contributed by atoms with Gasteiger partial charge in [-0.1, -0.05) is 6.08 Å². The van der Waals surface area contributed by atoms with Gasteiger partial charge in [0.2, 0.25) is 0 Å². The molecule has 15 heavy (non-hydrogen) atoms.